The summed E-state index contributed by atoms with van der Waals surface area (Å²) in [6.45, 7) is 0.885. The van der Waals surface area contributed by atoms with E-state index in [0.717, 1.165) is 53.8 Å². The number of ether oxygens (including phenoxy) is 1. The first kappa shape index (κ1) is 15.0. The van der Waals surface area contributed by atoms with Gasteiger partial charge in [0.25, 0.3) is 5.91 Å². The standard InChI is InChI=1S/C21H21NO2/c1-24-18-11-9-15(10-12-18)19-14-17-8-5-13-22(17)21(23)20(19)16-6-3-2-4-7-16/h2-4,6-7,9-12,17H,5,8,13-14H2,1H3/t17-/m0/s1. The maximum atomic E-state index is 13.2. The van der Waals surface area contributed by atoms with E-state index in [9.17, 15) is 4.79 Å². The molecule has 0 aromatic heterocycles. The molecular weight excluding hydrogens is 298 g/mol. The third kappa shape index (κ3) is 2.50. The molecular formula is C21H21NO2. The van der Waals surface area contributed by atoms with Crippen LogP contribution in [-0.2, 0) is 4.79 Å². The first-order valence-corrected chi connectivity index (χ1v) is 8.52. The van der Waals surface area contributed by atoms with E-state index in [1.54, 1.807) is 7.11 Å². The molecule has 2 aliphatic rings. The predicted octanol–water partition coefficient (Wildman–Crippen LogP) is 4.00. The third-order valence-electron chi connectivity index (χ3n) is 5.09. The molecule has 0 saturated carbocycles. The number of benzene rings is 2. The molecule has 2 aromatic rings. The van der Waals surface area contributed by atoms with Gasteiger partial charge in [0.2, 0.25) is 0 Å². The van der Waals surface area contributed by atoms with Crippen LogP contribution >= 0.6 is 0 Å². The van der Waals surface area contributed by atoms with Crippen LogP contribution in [0.1, 0.15) is 30.4 Å². The fourth-order valence-electron chi connectivity index (χ4n) is 3.88. The number of hydrogen-bond acceptors (Lipinski definition) is 2. The van der Waals surface area contributed by atoms with Crippen LogP contribution in [0.15, 0.2) is 54.6 Å². The number of carbonyl (C=O) groups is 1. The summed E-state index contributed by atoms with van der Waals surface area (Å²) in [4.78, 5) is 15.2. The van der Waals surface area contributed by atoms with Crippen molar-refractivity contribution < 1.29 is 9.53 Å². The van der Waals surface area contributed by atoms with E-state index in [1.807, 2.05) is 42.5 Å². The first-order valence-electron chi connectivity index (χ1n) is 8.52. The maximum absolute atomic E-state index is 13.2. The van der Waals surface area contributed by atoms with Crippen LogP contribution in [0.3, 0.4) is 0 Å². The van der Waals surface area contributed by atoms with Gasteiger partial charge in [-0.25, -0.2) is 0 Å². The van der Waals surface area contributed by atoms with Crippen LogP contribution in [0.4, 0.5) is 0 Å². The summed E-state index contributed by atoms with van der Waals surface area (Å²) >= 11 is 0. The maximum Gasteiger partial charge on any atom is 0.255 e. The highest BCUT2D eigenvalue weighted by Crippen LogP contribution is 2.40. The Hall–Kier alpha value is -2.55. The highest BCUT2D eigenvalue weighted by atomic mass is 16.5. The molecule has 0 bridgehead atoms. The molecule has 2 heterocycles. The molecule has 4 rings (SSSR count). The lowest BCUT2D eigenvalue weighted by molar-refractivity contribution is -0.126. The van der Waals surface area contributed by atoms with Gasteiger partial charge in [-0.2, -0.15) is 0 Å². The molecule has 1 saturated heterocycles. The third-order valence-corrected chi connectivity index (χ3v) is 5.09. The van der Waals surface area contributed by atoms with Crippen molar-refractivity contribution in [1.29, 1.82) is 0 Å². The smallest absolute Gasteiger partial charge is 0.255 e. The lowest BCUT2D eigenvalue weighted by Crippen LogP contribution is -2.39. The fraction of sp³-hybridized carbons (Fsp3) is 0.286. The molecule has 2 aromatic carbocycles. The van der Waals surface area contributed by atoms with Crippen LogP contribution in [-0.4, -0.2) is 30.5 Å². The van der Waals surface area contributed by atoms with Crippen LogP contribution in [0.25, 0.3) is 11.1 Å². The van der Waals surface area contributed by atoms with Crippen molar-refractivity contribution in [3.05, 3.63) is 65.7 Å². The first-order chi connectivity index (χ1) is 11.8. The van der Waals surface area contributed by atoms with E-state index in [1.165, 1.54) is 0 Å². The number of rotatable bonds is 3. The average molecular weight is 319 g/mol. The lowest BCUT2D eigenvalue weighted by Gasteiger charge is -2.33. The minimum Gasteiger partial charge on any atom is -0.497 e. The van der Waals surface area contributed by atoms with Gasteiger partial charge >= 0.3 is 0 Å². The second-order valence-corrected chi connectivity index (χ2v) is 6.45. The topological polar surface area (TPSA) is 29.5 Å². The Bertz CT molecular complexity index is 777. The van der Waals surface area contributed by atoms with Crippen molar-refractivity contribution in [2.75, 3.05) is 13.7 Å². The molecule has 3 heteroatoms. The van der Waals surface area contributed by atoms with Gasteiger partial charge in [0.1, 0.15) is 5.75 Å². The van der Waals surface area contributed by atoms with Crippen LogP contribution in [0.2, 0.25) is 0 Å². The average Bonchev–Trinajstić information content (AvgIpc) is 3.11. The Morgan fingerprint density at radius 2 is 1.75 bits per heavy atom. The highest BCUT2D eigenvalue weighted by molar-refractivity contribution is 6.28. The van der Waals surface area contributed by atoms with Gasteiger partial charge in [-0.05, 0) is 48.1 Å². The molecule has 0 spiro atoms. The van der Waals surface area contributed by atoms with E-state index < -0.39 is 0 Å². The van der Waals surface area contributed by atoms with Crippen molar-refractivity contribution >= 4 is 17.1 Å². The zero-order valence-corrected chi connectivity index (χ0v) is 13.9. The Balaban J connectivity index is 1.86. The van der Waals surface area contributed by atoms with Gasteiger partial charge in [0, 0.05) is 12.6 Å². The molecule has 0 unspecified atom stereocenters. The fourth-order valence-corrected chi connectivity index (χ4v) is 3.88. The lowest BCUT2D eigenvalue weighted by atomic mass is 9.85. The molecule has 1 amide bonds. The summed E-state index contributed by atoms with van der Waals surface area (Å²) < 4.78 is 5.27. The summed E-state index contributed by atoms with van der Waals surface area (Å²) in [5, 5.41) is 0. The van der Waals surface area contributed by atoms with Crippen molar-refractivity contribution in [3.8, 4) is 5.75 Å². The molecule has 122 valence electrons. The van der Waals surface area contributed by atoms with E-state index in [-0.39, 0.29) is 5.91 Å². The monoisotopic (exact) mass is 319 g/mol. The Labute approximate surface area is 142 Å². The zero-order chi connectivity index (χ0) is 16.5. The van der Waals surface area contributed by atoms with E-state index in [0.29, 0.717) is 6.04 Å². The summed E-state index contributed by atoms with van der Waals surface area (Å²) in [5.41, 5.74) is 4.16. The molecule has 3 nitrogen and oxygen atoms in total. The Kier molecular flexibility index (Phi) is 3.85. The van der Waals surface area contributed by atoms with Crippen molar-refractivity contribution in [2.24, 2.45) is 0 Å². The highest BCUT2D eigenvalue weighted by Gasteiger charge is 2.37. The molecule has 0 radical (unpaired) electrons. The van der Waals surface area contributed by atoms with Crippen molar-refractivity contribution in [2.45, 2.75) is 25.3 Å². The van der Waals surface area contributed by atoms with Gasteiger partial charge in [-0.1, -0.05) is 42.5 Å². The summed E-state index contributed by atoms with van der Waals surface area (Å²) in [5.74, 6) is 1.02. The van der Waals surface area contributed by atoms with Crippen LogP contribution in [0.5, 0.6) is 5.75 Å². The van der Waals surface area contributed by atoms with E-state index in [2.05, 4.69) is 17.0 Å². The quantitative estimate of drug-likeness (QED) is 0.856. The molecule has 24 heavy (non-hydrogen) atoms. The van der Waals surface area contributed by atoms with Crippen LogP contribution in [0, 0.1) is 0 Å². The number of nitrogens with zero attached hydrogens (tertiary/aromatic N) is 1. The van der Waals surface area contributed by atoms with Gasteiger partial charge in [0.05, 0.1) is 12.7 Å². The number of methoxy groups -OCH3 is 1. The SMILES string of the molecule is COc1ccc(C2=C(c3ccccc3)C(=O)N3CCC[C@H]3C2)cc1. The molecule has 0 N–H and O–H groups in total. The number of amides is 1. The van der Waals surface area contributed by atoms with Gasteiger partial charge in [-0.3, -0.25) is 4.79 Å². The normalized spacial score (nSPS) is 20.3. The van der Waals surface area contributed by atoms with Gasteiger partial charge < -0.3 is 9.64 Å². The van der Waals surface area contributed by atoms with E-state index in [4.69, 9.17) is 4.74 Å². The predicted molar refractivity (Wildman–Crippen MR) is 95.6 cm³/mol. The zero-order valence-electron chi connectivity index (χ0n) is 13.9. The number of carbonyl (C=O) groups excluding carboxylic acids is 1. The minimum atomic E-state index is 0.181. The Morgan fingerprint density at radius 1 is 1.00 bits per heavy atom. The second-order valence-electron chi connectivity index (χ2n) is 6.45. The number of fused-ring (bicyclic) bond motifs is 1. The van der Waals surface area contributed by atoms with Gasteiger partial charge in [-0.15, -0.1) is 0 Å². The summed E-state index contributed by atoms with van der Waals surface area (Å²) in [6, 6.07) is 18.5. The second kappa shape index (κ2) is 6.16. The van der Waals surface area contributed by atoms with Crippen LogP contribution < -0.4 is 4.74 Å². The molecule has 0 aliphatic carbocycles. The van der Waals surface area contributed by atoms with Crippen molar-refractivity contribution in [1.82, 2.24) is 4.90 Å². The van der Waals surface area contributed by atoms with Gasteiger partial charge in [0.15, 0.2) is 0 Å². The minimum absolute atomic E-state index is 0.181. The molecule has 1 fully saturated rings. The molecule has 1 atom stereocenters. The Morgan fingerprint density at radius 3 is 2.46 bits per heavy atom. The van der Waals surface area contributed by atoms with Crippen molar-refractivity contribution in [3.63, 3.8) is 0 Å². The largest absolute Gasteiger partial charge is 0.497 e. The molecule has 2 aliphatic heterocycles. The van der Waals surface area contributed by atoms with E-state index >= 15 is 0 Å². The summed E-state index contributed by atoms with van der Waals surface area (Å²) in [6.07, 6.45) is 3.14. The summed E-state index contributed by atoms with van der Waals surface area (Å²) in [7, 11) is 1.67. The number of hydrogen-bond donors (Lipinski definition) is 0.